The lowest BCUT2D eigenvalue weighted by molar-refractivity contribution is 0.775. The third kappa shape index (κ3) is 1.80. The van der Waals surface area contributed by atoms with E-state index in [0.29, 0.717) is 0 Å². The van der Waals surface area contributed by atoms with Gasteiger partial charge in [0, 0.05) is 16.2 Å². The van der Waals surface area contributed by atoms with Gasteiger partial charge in [-0.1, -0.05) is 12.1 Å². The highest BCUT2D eigenvalue weighted by Gasteiger charge is 2.11. The van der Waals surface area contributed by atoms with Gasteiger partial charge in [0.1, 0.15) is 0 Å². The van der Waals surface area contributed by atoms with Gasteiger partial charge in [-0.15, -0.1) is 11.3 Å². The molecule has 0 spiro atoms. The highest BCUT2D eigenvalue weighted by molar-refractivity contribution is 7.15. The van der Waals surface area contributed by atoms with Gasteiger partial charge in [-0.2, -0.15) is 0 Å². The summed E-state index contributed by atoms with van der Waals surface area (Å²) in [6.45, 7) is 2.16. The summed E-state index contributed by atoms with van der Waals surface area (Å²) < 4.78 is 0. The van der Waals surface area contributed by atoms with Crippen molar-refractivity contribution in [1.29, 1.82) is 0 Å². The molecular formula is C15H14S. The maximum Gasteiger partial charge on any atom is 0.0345 e. The van der Waals surface area contributed by atoms with Crippen molar-refractivity contribution in [1.82, 2.24) is 0 Å². The van der Waals surface area contributed by atoms with E-state index < -0.39 is 0 Å². The van der Waals surface area contributed by atoms with Gasteiger partial charge in [0.15, 0.2) is 0 Å². The fourth-order valence-corrected chi connectivity index (χ4v) is 3.07. The van der Waals surface area contributed by atoms with Gasteiger partial charge in [-0.25, -0.2) is 0 Å². The molecule has 1 heterocycles. The molecule has 0 nitrogen and oxygen atoms in total. The Balaban J connectivity index is 2.02. The number of benzene rings is 1. The molecule has 80 valence electrons. The molecule has 0 atom stereocenters. The van der Waals surface area contributed by atoms with Crippen molar-refractivity contribution in [2.75, 3.05) is 0 Å². The molecule has 0 fully saturated rings. The van der Waals surface area contributed by atoms with Gasteiger partial charge in [0.25, 0.3) is 0 Å². The lowest BCUT2D eigenvalue weighted by atomic mass is 9.90. The van der Waals surface area contributed by atoms with Crippen LogP contribution in [0.1, 0.15) is 28.8 Å². The van der Waals surface area contributed by atoms with Gasteiger partial charge in [-0.3, -0.25) is 0 Å². The average Bonchev–Trinajstić information content (AvgIpc) is 2.75. The monoisotopic (exact) mass is 226 g/mol. The third-order valence-electron chi connectivity index (χ3n) is 3.07. The van der Waals surface area contributed by atoms with Crippen LogP contribution in [0.3, 0.4) is 0 Å². The minimum Gasteiger partial charge on any atom is -0.141 e. The SMILES string of the molecule is Cc1ccc(-c2ccc3c(c2)[C]CCC3)s1. The predicted octanol–water partition coefficient (Wildman–Crippen LogP) is 4.49. The van der Waals surface area contributed by atoms with Crippen LogP contribution in [0.25, 0.3) is 10.4 Å². The molecule has 16 heavy (non-hydrogen) atoms. The molecule has 1 aromatic carbocycles. The first kappa shape index (κ1) is 10.1. The molecule has 2 aromatic rings. The fraction of sp³-hybridized carbons (Fsp3) is 0.267. The summed E-state index contributed by atoms with van der Waals surface area (Å²) in [6.07, 6.45) is 7.06. The molecule has 0 amide bonds. The highest BCUT2D eigenvalue weighted by Crippen LogP contribution is 2.31. The fourth-order valence-electron chi connectivity index (χ4n) is 2.20. The molecule has 0 aliphatic heterocycles. The Bertz CT molecular complexity index is 508. The van der Waals surface area contributed by atoms with Gasteiger partial charge in [0.05, 0.1) is 0 Å². The van der Waals surface area contributed by atoms with Gasteiger partial charge < -0.3 is 0 Å². The van der Waals surface area contributed by atoms with E-state index in [1.165, 1.54) is 39.3 Å². The highest BCUT2D eigenvalue weighted by atomic mass is 32.1. The second-order valence-corrected chi connectivity index (χ2v) is 5.60. The van der Waals surface area contributed by atoms with Crippen molar-refractivity contribution in [3.63, 3.8) is 0 Å². The van der Waals surface area contributed by atoms with Crippen molar-refractivity contribution in [3.8, 4) is 10.4 Å². The zero-order valence-corrected chi connectivity index (χ0v) is 10.2. The number of fused-ring (bicyclic) bond motifs is 1. The first-order valence-electron chi connectivity index (χ1n) is 5.76. The number of hydrogen-bond acceptors (Lipinski definition) is 1. The first-order chi connectivity index (χ1) is 7.83. The van der Waals surface area contributed by atoms with E-state index in [4.69, 9.17) is 0 Å². The van der Waals surface area contributed by atoms with Crippen molar-refractivity contribution in [2.45, 2.75) is 26.2 Å². The third-order valence-corrected chi connectivity index (χ3v) is 4.12. The maximum absolute atomic E-state index is 3.48. The Morgan fingerprint density at radius 2 is 2.12 bits per heavy atom. The lowest BCUT2D eigenvalue weighted by Crippen LogP contribution is -2.00. The number of hydrogen-bond donors (Lipinski definition) is 0. The van der Waals surface area contributed by atoms with Gasteiger partial charge in [-0.05, 0) is 61.1 Å². The van der Waals surface area contributed by atoms with Crippen molar-refractivity contribution in [3.05, 3.63) is 52.8 Å². The van der Waals surface area contributed by atoms with Gasteiger partial charge >= 0.3 is 0 Å². The molecule has 2 radical (unpaired) electrons. The second kappa shape index (κ2) is 4.06. The first-order valence-corrected chi connectivity index (χ1v) is 6.58. The van der Waals surface area contributed by atoms with E-state index in [2.05, 4.69) is 43.7 Å². The number of rotatable bonds is 1. The van der Waals surface area contributed by atoms with E-state index in [0.717, 1.165) is 6.42 Å². The Hall–Kier alpha value is -1.08. The Labute approximate surface area is 101 Å². The Morgan fingerprint density at radius 3 is 2.94 bits per heavy atom. The quantitative estimate of drug-likeness (QED) is 0.672. The zero-order chi connectivity index (χ0) is 11.0. The summed E-state index contributed by atoms with van der Waals surface area (Å²) in [6, 6.07) is 11.2. The minimum absolute atomic E-state index is 1.11. The molecule has 0 N–H and O–H groups in total. The van der Waals surface area contributed by atoms with Crippen LogP contribution in [-0.2, 0) is 6.42 Å². The van der Waals surface area contributed by atoms with Crippen molar-refractivity contribution >= 4 is 11.3 Å². The molecule has 0 saturated carbocycles. The molecule has 1 aliphatic rings. The largest absolute Gasteiger partial charge is 0.141 e. The number of aryl methyl sites for hydroxylation is 2. The van der Waals surface area contributed by atoms with Crippen LogP contribution in [0, 0.1) is 13.3 Å². The van der Waals surface area contributed by atoms with E-state index in [9.17, 15) is 0 Å². The minimum atomic E-state index is 1.11. The van der Waals surface area contributed by atoms with E-state index in [-0.39, 0.29) is 0 Å². The summed E-state index contributed by atoms with van der Waals surface area (Å²) in [5.41, 5.74) is 4.13. The van der Waals surface area contributed by atoms with Crippen LogP contribution >= 0.6 is 11.3 Å². The smallest absolute Gasteiger partial charge is 0.0345 e. The molecule has 1 aliphatic carbocycles. The van der Waals surface area contributed by atoms with Crippen LogP contribution < -0.4 is 0 Å². The van der Waals surface area contributed by atoms with Crippen molar-refractivity contribution < 1.29 is 0 Å². The Kier molecular flexibility index (Phi) is 2.56. The number of thiophene rings is 1. The molecular weight excluding hydrogens is 212 g/mol. The van der Waals surface area contributed by atoms with Crippen molar-refractivity contribution in [2.24, 2.45) is 0 Å². The zero-order valence-electron chi connectivity index (χ0n) is 9.42. The summed E-state index contributed by atoms with van der Waals surface area (Å²) >= 11 is 1.86. The molecule has 0 unspecified atom stereocenters. The van der Waals surface area contributed by atoms with Crippen LogP contribution in [0.5, 0.6) is 0 Å². The Morgan fingerprint density at radius 1 is 1.19 bits per heavy atom. The summed E-state index contributed by atoms with van der Waals surface area (Å²) in [5, 5.41) is 0. The van der Waals surface area contributed by atoms with Crippen LogP contribution in [0.15, 0.2) is 30.3 Å². The van der Waals surface area contributed by atoms with Gasteiger partial charge in [0.2, 0.25) is 0 Å². The summed E-state index contributed by atoms with van der Waals surface area (Å²) in [5.74, 6) is 0. The maximum atomic E-state index is 3.48. The molecule has 3 rings (SSSR count). The molecule has 1 aromatic heterocycles. The van der Waals surface area contributed by atoms with E-state index in [1.54, 1.807) is 0 Å². The summed E-state index contributed by atoms with van der Waals surface area (Å²) in [4.78, 5) is 2.74. The second-order valence-electron chi connectivity index (χ2n) is 4.31. The molecule has 1 heteroatoms. The van der Waals surface area contributed by atoms with Crippen LogP contribution in [-0.4, -0.2) is 0 Å². The van der Waals surface area contributed by atoms with Crippen LogP contribution in [0.4, 0.5) is 0 Å². The van der Waals surface area contributed by atoms with Crippen LogP contribution in [0.2, 0.25) is 0 Å². The topological polar surface area (TPSA) is 0 Å². The summed E-state index contributed by atoms with van der Waals surface area (Å²) in [7, 11) is 0. The van der Waals surface area contributed by atoms with E-state index in [1.807, 2.05) is 11.3 Å². The standard InChI is InChI=1S/C15H14S/c1-11-6-9-15(16-11)14-8-7-12-4-2-3-5-13(12)10-14/h6-10H,2-4H2,1H3. The normalized spacial score (nSPS) is 14.8. The molecule has 0 saturated heterocycles. The lowest BCUT2D eigenvalue weighted by Gasteiger charge is -2.15. The average molecular weight is 226 g/mol. The molecule has 0 bridgehead atoms. The predicted molar refractivity (Wildman–Crippen MR) is 69.8 cm³/mol. The van der Waals surface area contributed by atoms with E-state index >= 15 is 0 Å².